The molecule has 1 aliphatic carbocycles. The minimum absolute atomic E-state index is 0.0616. The topological polar surface area (TPSA) is 47.6 Å². The van der Waals surface area contributed by atoms with Crippen LogP contribution in [-0.4, -0.2) is 25.4 Å². The molecule has 1 N–H and O–H groups in total. The van der Waals surface area contributed by atoms with E-state index in [2.05, 4.69) is 23.5 Å². The van der Waals surface area contributed by atoms with Crippen molar-refractivity contribution in [1.29, 1.82) is 0 Å². The van der Waals surface area contributed by atoms with E-state index in [-0.39, 0.29) is 17.2 Å². The standard InChI is InChI=1S/C21H25NO3S/c1-14(26-16-11-12-19(24-2)20(13-16)25-3)21(23)22-18-10-6-8-15-7-4-5-9-17(15)18/h4-5,7,9,11-14,18H,6,8,10H2,1-3H3,(H,22,23)/t14-,18+/m0/s1. The Bertz CT molecular complexity index is 778. The molecule has 0 saturated heterocycles. The molecule has 2 atom stereocenters. The van der Waals surface area contributed by atoms with Crippen molar-refractivity contribution in [2.24, 2.45) is 0 Å². The zero-order valence-corrected chi connectivity index (χ0v) is 16.3. The molecule has 26 heavy (non-hydrogen) atoms. The lowest BCUT2D eigenvalue weighted by atomic mass is 9.88. The van der Waals surface area contributed by atoms with Crippen molar-refractivity contribution in [3.8, 4) is 11.5 Å². The van der Waals surface area contributed by atoms with Gasteiger partial charge in [-0.1, -0.05) is 24.3 Å². The fraction of sp³-hybridized carbons (Fsp3) is 0.381. The Kier molecular flexibility index (Phi) is 6.09. The predicted octanol–water partition coefficient (Wildman–Crippen LogP) is 4.38. The van der Waals surface area contributed by atoms with Gasteiger partial charge in [0, 0.05) is 4.90 Å². The van der Waals surface area contributed by atoms with E-state index >= 15 is 0 Å². The summed E-state index contributed by atoms with van der Waals surface area (Å²) < 4.78 is 10.6. The number of amides is 1. The first kappa shape index (κ1) is 18.6. The quantitative estimate of drug-likeness (QED) is 0.766. The second kappa shape index (κ2) is 8.49. The van der Waals surface area contributed by atoms with Gasteiger partial charge in [0.25, 0.3) is 0 Å². The summed E-state index contributed by atoms with van der Waals surface area (Å²) in [5.41, 5.74) is 2.61. The van der Waals surface area contributed by atoms with Crippen LogP contribution in [0.15, 0.2) is 47.4 Å². The van der Waals surface area contributed by atoms with Gasteiger partial charge in [-0.3, -0.25) is 4.79 Å². The van der Waals surface area contributed by atoms with Crippen molar-refractivity contribution < 1.29 is 14.3 Å². The molecule has 4 nitrogen and oxygen atoms in total. The van der Waals surface area contributed by atoms with Crippen LogP contribution in [0.5, 0.6) is 11.5 Å². The molecule has 0 spiro atoms. The van der Waals surface area contributed by atoms with Crippen molar-refractivity contribution in [3.63, 3.8) is 0 Å². The fourth-order valence-electron chi connectivity index (χ4n) is 3.34. The molecule has 0 unspecified atom stereocenters. The first-order valence-electron chi connectivity index (χ1n) is 8.89. The molecule has 138 valence electrons. The monoisotopic (exact) mass is 371 g/mol. The smallest absolute Gasteiger partial charge is 0.233 e. The van der Waals surface area contributed by atoms with Crippen molar-refractivity contribution in [2.75, 3.05) is 14.2 Å². The van der Waals surface area contributed by atoms with Crippen LogP contribution in [0.4, 0.5) is 0 Å². The van der Waals surface area contributed by atoms with Gasteiger partial charge in [0.1, 0.15) is 0 Å². The van der Waals surface area contributed by atoms with E-state index in [4.69, 9.17) is 9.47 Å². The second-order valence-corrected chi connectivity index (χ2v) is 7.84. The van der Waals surface area contributed by atoms with Crippen molar-refractivity contribution >= 4 is 17.7 Å². The summed E-state index contributed by atoms with van der Waals surface area (Å²) in [6, 6.07) is 14.2. The number of thioether (sulfide) groups is 1. The second-order valence-electron chi connectivity index (χ2n) is 6.43. The van der Waals surface area contributed by atoms with E-state index in [1.165, 1.54) is 22.9 Å². The third-order valence-corrected chi connectivity index (χ3v) is 5.82. The van der Waals surface area contributed by atoms with E-state index in [1.807, 2.05) is 31.2 Å². The number of fused-ring (bicyclic) bond motifs is 1. The molecular weight excluding hydrogens is 346 g/mol. The lowest BCUT2D eigenvalue weighted by molar-refractivity contribution is -0.121. The molecule has 1 aliphatic rings. The number of methoxy groups -OCH3 is 2. The minimum Gasteiger partial charge on any atom is -0.493 e. The minimum atomic E-state index is -0.192. The first-order valence-corrected chi connectivity index (χ1v) is 9.77. The highest BCUT2D eigenvalue weighted by Gasteiger charge is 2.24. The maximum absolute atomic E-state index is 12.7. The number of carbonyl (C=O) groups is 1. The Labute approximate surface area is 159 Å². The van der Waals surface area contributed by atoms with Crippen LogP contribution < -0.4 is 14.8 Å². The first-order chi connectivity index (χ1) is 12.6. The molecule has 5 heteroatoms. The fourth-order valence-corrected chi connectivity index (χ4v) is 4.25. The summed E-state index contributed by atoms with van der Waals surface area (Å²) in [4.78, 5) is 13.7. The number of hydrogen-bond acceptors (Lipinski definition) is 4. The Morgan fingerprint density at radius 2 is 1.92 bits per heavy atom. The lowest BCUT2D eigenvalue weighted by Gasteiger charge is -2.27. The Morgan fingerprint density at radius 3 is 2.69 bits per heavy atom. The van der Waals surface area contributed by atoms with Crippen LogP contribution in [0.1, 0.15) is 36.9 Å². The molecule has 2 aromatic rings. The zero-order chi connectivity index (χ0) is 18.5. The van der Waals surface area contributed by atoms with Crippen molar-refractivity contribution in [3.05, 3.63) is 53.6 Å². The van der Waals surface area contributed by atoms with Gasteiger partial charge in [0.2, 0.25) is 5.91 Å². The maximum Gasteiger partial charge on any atom is 0.233 e. The molecule has 3 rings (SSSR count). The van der Waals surface area contributed by atoms with Gasteiger partial charge >= 0.3 is 0 Å². The molecular formula is C21H25NO3S. The van der Waals surface area contributed by atoms with Gasteiger partial charge in [-0.15, -0.1) is 11.8 Å². The summed E-state index contributed by atoms with van der Waals surface area (Å²) >= 11 is 1.52. The van der Waals surface area contributed by atoms with Crippen LogP contribution in [0.25, 0.3) is 0 Å². The zero-order valence-electron chi connectivity index (χ0n) is 15.5. The third kappa shape index (κ3) is 4.15. The van der Waals surface area contributed by atoms with Crippen LogP contribution >= 0.6 is 11.8 Å². The molecule has 0 fully saturated rings. The highest BCUT2D eigenvalue weighted by atomic mass is 32.2. The molecule has 0 aliphatic heterocycles. The van der Waals surface area contributed by atoms with Gasteiger partial charge in [-0.05, 0) is 55.5 Å². The largest absolute Gasteiger partial charge is 0.493 e. The Hall–Kier alpha value is -2.14. The van der Waals surface area contributed by atoms with Crippen LogP contribution in [0.3, 0.4) is 0 Å². The lowest BCUT2D eigenvalue weighted by Crippen LogP contribution is -2.35. The van der Waals surface area contributed by atoms with E-state index < -0.39 is 0 Å². The van der Waals surface area contributed by atoms with Crippen LogP contribution in [0.2, 0.25) is 0 Å². The number of aryl methyl sites for hydroxylation is 1. The van der Waals surface area contributed by atoms with Crippen LogP contribution in [-0.2, 0) is 11.2 Å². The molecule has 0 heterocycles. The number of hydrogen-bond donors (Lipinski definition) is 1. The highest BCUT2D eigenvalue weighted by Crippen LogP contribution is 2.34. The van der Waals surface area contributed by atoms with Crippen molar-refractivity contribution in [1.82, 2.24) is 5.32 Å². The van der Waals surface area contributed by atoms with E-state index in [0.717, 1.165) is 24.2 Å². The number of nitrogens with one attached hydrogen (secondary N) is 1. The highest BCUT2D eigenvalue weighted by molar-refractivity contribution is 8.00. The van der Waals surface area contributed by atoms with Crippen LogP contribution in [0, 0.1) is 0 Å². The van der Waals surface area contributed by atoms with Crippen molar-refractivity contribution in [2.45, 2.75) is 42.4 Å². The predicted molar refractivity (Wildman–Crippen MR) is 105 cm³/mol. The average molecular weight is 372 g/mol. The number of carbonyl (C=O) groups excluding carboxylic acids is 1. The van der Waals surface area contributed by atoms with E-state index in [9.17, 15) is 4.79 Å². The maximum atomic E-state index is 12.7. The summed E-state index contributed by atoms with van der Waals surface area (Å²) in [6.45, 7) is 1.94. The molecule has 0 radical (unpaired) electrons. The average Bonchev–Trinajstić information content (AvgIpc) is 2.68. The van der Waals surface area contributed by atoms with E-state index in [1.54, 1.807) is 14.2 Å². The van der Waals surface area contributed by atoms with Gasteiger partial charge in [-0.2, -0.15) is 0 Å². The summed E-state index contributed by atoms with van der Waals surface area (Å²) in [5.74, 6) is 1.42. The summed E-state index contributed by atoms with van der Waals surface area (Å²) in [6.07, 6.45) is 3.20. The van der Waals surface area contributed by atoms with E-state index in [0.29, 0.717) is 11.5 Å². The Morgan fingerprint density at radius 1 is 1.15 bits per heavy atom. The van der Waals surface area contributed by atoms with Gasteiger partial charge in [-0.25, -0.2) is 0 Å². The Balaban J connectivity index is 1.66. The number of benzene rings is 2. The van der Waals surface area contributed by atoms with Gasteiger partial charge < -0.3 is 14.8 Å². The summed E-state index contributed by atoms with van der Waals surface area (Å²) in [5, 5.41) is 3.04. The molecule has 1 amide bonds. The third-order valence-electron chi connectivity index (χ3n) is 4.72. The molecule has 0 aromatic heterocycles. The molecule has 0 saturated carbocycles. The molecule has 0 bridgehead atoms. The normalized spacial score (nSPS) is 17.1. The SMILES string of the molecule is COc1ccc(S[C@@H](C)C(=O)N[C@@H]2CCCc3ccccc32)cc1OC. The summed E-state index contributed by atoms with van der Waals surface area (Å²) in [7, 11) is 3.23. The van der Waals surface area contributed by atoms with Gasteiger partial charge in [0.15, 0.2) is 11.5 Å². The molecule has 2 aromatic carbocycles. The van der Waals surface area contributed by atoms with Gasteiger partial charge in [0.05, 0.1) is 25.5 Å². The number of rotatable bonds is 6. The number of ether oxygens (including phenoxy) is 2.